The topological polar surface area (TPSA) is 0 Å². The van der Waals surface area contributed by atoms with Crippen molar-refractivity contribution >= 4 is 11.6 Å². The van der Waals surface area contributed by atoms with E-state index < -0.39 is 0 Å². The molecule has 1 aromatic rings. The number of benzene rings is 1. The zero-order chi connectivity index (χ0) is 8.53. The molecule has 1 aromatic carbocycles. The Bertz CT molecular complexity index is 158. The van der Waals surface area contributed by atoms with Gasteiger partial charge in [0.05, 0.1) is 0 Å². The first-order chi connectivity index (χ1) is 5.43. The van der Waals surface area contributed by atoms with Crippen molar-refractivity contribution in [2.24, 2.45) is 0 Å². The zero-order valence-corrected chi connectivity index (χ0v) is 7.93. The summed E-state index contributed by atoms with van der Waals surface area (Å²) in [6, 6.07) is 10.2. The zero-order valence-electron chi connectivity index (χ0n) is 7.18. The van der Waals surface area contributed by atoms with Crippen molar-refractivity contribution < 1.29 is 0 Å². The average molecular weight is 171 g/mol. The second-order valence-corrected chi connectivity index (χ2v) is 2.30. The van der Waals surface area contributed by atoms with Crippen molar-refractivity contribution in [3.8, 4) is 0 Å². The highest BCUT2D eigenvalue weighted by Crippen LogP contribution is 1.99. The Labute approximate surface area is 74.2 Å². The molecule has 62 valence electrons. The summed E-state index contributed by atoms with van der Waals surface area (Å²) in [5, 5.41) is 0. The highest BCUT2D eigenvalue weighted by Gasteiger charge is 1.85. The smallest absolute Gasteiger partial charge is 0.0263 e. The average Bonchev–Trinajstić information content (AvgIpc) is 2.11. The molecule has 0 saturated carbocycles. The number of alkyl halides is 1. The van der Waals surface area contributed by atoms with E-state index in [0.29, 0.717) is 5.88 Å². The normalized spacial score (nSPS) is 8.27. The van der Waals surface area contributed by atoms with Gasteiger partial charge in [0, 0.05) is 5.88 Å². The van der Waals surface area contributed by atoms with Gasteiger partial charge in [0.15, 0.2) is 0 Å². The van der Waals surface area contributed by atoms with Crippen LogP contribution in [0.25, 0.3) is 0 Å². The Morgan fingerprint density at radius 1 is 1.09 bits per heavy atom. The van der Waals surface area contributed by atoms with E-state index in [1.807, 2.05) is 32.0 Å². The number of hydrogen-bond acceptors (Lipinski definition) is 0. The molecule has 11 heavy (non-hydrogen) atoms. The lowest BCUT2D eigenvalue weighted by atomic mass is 10.2. The van der Waals surface area contributed by atoms with E-state index in [-0.39, 0.29) is 0 Å². The van der Waals surface area contributed by atoms with Crippen LogP contribution in [0.5, 0.6) is 0 Å². The van der Waals surface area contributed by atoms with Gasteiger partial charge in [-0.3, -0.25) is 0 Å². The highest BCUT2D eigenvalue weighted by atomic mass is 35.5. The molecule has 0 aromatic heterocycles. The second kappa shape index (κ2) is 7.62. The van der Waals surface area contributed by atoms with Crippen LogP contribution in [0, 0.1) is 0 Å². The summed E-state index contributed by atoms with van der Waals surface area (Å²) in [7, 11) is 0. The minimum atomic E-state index is 0.712. The maximum absolute atomic E-state index is 5.54. The molecule has 1 rings (SSSR count). The van der Waals surface area contributed by atoms with Gasteiger partial charge in [0.1, 0.15) is 0 Å². The van der Waals surface area contributed by atoms with Crippen LogP contribution in [0.4, 0.5) is 0 Å². The lowest BCUT2D eigenvalue weighted by Gasteiger charge is -1.92. The summed E-state index contributed by atoms with van der Waals surface area (Å²) < 4.78 is 0. The molecule has 0 aliphatic carbocycles. The van der Waals surface area contributed by atoms with E-state index in [9.17, 15) is 0 Å². The van der Waals surface area contributed by atoms with Gasteiger partial charge < -0.3 is 0 Å². The van der Waals surface area contributed by atoms with Crippen molar-refractivity contribution in [2.45, 2.75) is 20.3 Å². The summed E-state index contributed by atoms with van der Waals surface area (Å²) in [6.07, 6.45) is 0.975. The third kappa shape index (κ3) is 4.86. The first kappa shape index (κ1) is 10.5. The molecule has 0 heterocycles. The molecule has 0 amide bonds. The predicted octanol–water partition coefficient (Wildman–Crippen LogP) is 3.49. The number of rotatable bonds is 2. The van der Waals surface area contributed by atoms with Crippen LogP contribution in [0.1, 0.15) is 19.4 Å². The van der Waals surface area contributed by atoms with Gasteiger partial charge in [-0.1, -0.05) is 44.2 Å². The second-order valence-electron chi connectivity index (χ2n) is 1.92. The van der Waals surface area contributed by atoms with Crippen LogP contribution in [-0.2, 0) is 6.42 Å². The molecule has 0 radical (unpaired) electrons. The molecule has 0 unspecified atom stereocenters. The Kier molecular flexibility index (Phi) is 7.28. The standard InChI is InChI=1S/C8H9Cl.C2H6/c9-7-6-8-4-2-1-3-5-8;1-2/h1-5H,6-7H2;1-2H3. The molecule has 0 nitrogen and oxygen atoms in total. The quantitative estimate of drug-likeness (QED) is 0.597. The minimum Gasteiger partial charge on any atom is -0.126 e. The van der Waals surface area contributed by atoms with E-state index in [2.05, 4.69) is 12.1 Å². The highest BCUT2D eigenvalue weighted by molar-refractivity contribution is 6.17. The third-order valence-electron chi connectivity index (χ3n) is 1.23. The van der Waals surface area contributed by atoms with E-state index in [0.717, 1.165) is 6.42 Å². The third-order valence-corrected chi connectivity index (χ3v) is 1.41. The number of halogens is 1. The number of aryl methyl sites for hydroxylation is 1. The SMILES string of the molecule is CC.ClCCc1ccccc1. The molecular weight excluding hydrogens is 156 g/mol. The van der Waals surface area contributed by atoms with Crippen LogP contribution in [0.15, 0.2) is 30.3 Å². The van der Waals surface area contributed by atoms with Crippen molar-refractivity contribution in [1.29, 1.82) is 0 Å². The van der Waals surface area contributed by atoms with Gasteiger partial charge in [0.2, 0.25) is 0 Å². The van der Waals surface area contributed by atoms with Gasteiger partial charge in [-0.2, -0.15) is 0 Å². The van der Waals surface area contributed by atoms with Crippen molar-refractivity contribution in [3.63, 3.8) is 0 Å². The molecule has 0 N–H and O–H groups in total. The fraction of sp³-hybridized carbons (Fsp3) is 0.400. The van der Waals surface area contributed by atoms with Gasteiger partial charge >= 0.3 is 0 Å². The van der Waals surface area contributed by atoms with Crippen LogP contribution in [-0.4, -0.2) is 5.88 Å². The van der Waals surface area contributed by atoms with Gasteiger partial charge in [-0.05, 0) is 12.0 Å². The molecule has 0 fully saturated rings. The lowest BCUT2D eigenvalue weighted by molar-refractivity contribution is 1.15. The molecule has 0 saturated heterocycles. The Morgan fingerprint density at radius 2 is 1.64 bits per heavy atom. The van der Waals surface area contributed by atoms with Gasteiger partial charge in [-0.15, -0.1) is 11.6 Å². The van der Waals surface area contributed by atoms with Gasteiger partial charge in [0.25, 0.3) is 0 Å². The summed E-state index contributed by atoms with van der Waals surface area (Å²) in [5.41, 5.74) is 1.31. The summed E-state index contributed by atoms with van der Waals surface area (Å²) in [6.45, 7) is 4.00. The Morgan fingerprint density at radius 3 is 2.09 bits per heavy atom. The van der Waals surface area contributed by atoms with Crippen molar-refractivity contribution in [1.82, 2.24) is 0 Å². The maximum Gasteiger partial charge on any atom is 0.0263 e. The molecule has 0 atom stereocenters. The minimum absolute atomic E-state index is 0.712. The molecule has 0 bridgehead atoms. The van der Waals surface area contributed by atoms with E-state index in [4.69, 9.17) is 11.6 Å². The van der Waals surface area contributed by atoms with Crippen LogP contribution >= 0.6 is 11.6 Å². The summed E-state index contributed by atoms with van der Waals surface area (Å²) in [5.74, 6) is 0.712. The lowest BCUT2D eigenvalue weighted by Crippen LogP contribution is -1.82. The van der Waals surface area contributed by atoms with Crippen LogP contribution in [0.3, 0.4) is 0 Å². The van der Waals surface area contributed by atoms with E-state index >= 15 is 0 Å². The largest absolute Gasteiger partial charge is 0.126 e. The van der Waals surface area contributed by atoms with Gasteiger partial charge in [-0.25, -0.2) is 0 Å². The van der Waals surface area contributed by atoms with Crippen molar-refractivity contribution in [2.75, 3.05) is 5.88 Å². The monoisotopic (exact) mass is 170 g/mol. The molecule has 0 spiro atoms. The number of hydrogen-bond donors (Lipinski definition) is 0. The van der Waals surface area contributed by atoms with E-state index in [1.54, 1.807) is 0 Å². The maximum atomic E-state index is 5.54. The predicted molar refractivity (Wildman–Crippen MR) is 52.2 cm³/mol. The first-order valence-corrected chi connectivity index (χ1v) is 4.57. The molecule has 1 heteroatoms. The van der Waals surface area contributed by atoms with Crippen molar-refractivity contribution in [3.05, 3.63) is 35.9 Å². The van der Waals surface area contributed by atoms with Crippen LogP contribution < -0.4 is 0 Å². The summed E-state index contributed by atoms with van der Waals surface area (Å²) in [4.78, 5) is 0. The van der Waals surface area contributed by atoms with E-state index in [1.165, 1.54) is 5.56 Å². The molecule has 0 aliphatic heterocycles. The summed E-state index contributed by atoms with van der Waals surface area (Å²) >= 11 is 5.54. The van der Waals surface area contributed by atoms with Crippen LogP contribution in [0.2, 0.25) is 0 Å². The Balaban J connectivity index is 0.000000461. The fourth-order valence-electron chi connectivity index (χ4n) is 0.754. The molecular formula is C10H15Cl. The fourth-order valence-corrected chi connectivity index (χ4v) is 0.972. The Hall–Kier alpha value is -0.490. The first-order valence-electron chi connectivity index (χ1n) is 4.03. The molecule has 0 aliphatic rings.